The van der Waals surface area contributed by atoms with E-state index in [4.69, 9.17) is 5.73 Å². The number of aromatic nitrogens is 1. The highest BCUT2D eigenvalue weighted by Crippen LogP contribution is 2.28. The van der Waals surface area contributed by atoms with Gasteiger partial charge in [-0.1, -0.05) is 6.07 Å². The summed E-state index contributed by atoms with van der Waals surface area (Å²) < 4.78 is 0. The van der Waals surface area contributed by atoms with E-state index in [-0.39, 0.29) is 5.91 Å². The Balaban J connectivity index is 1.93. The Hall–Kier alpha value is -0.890. The zero-order valence-electron chi connectivity index (χ0n) is 12.1. The lowest BCUT2D eigenvalue weighted by atomic mass is 10.2. The largest absolute Gasteiger partial charge is 0.338 e. The minimum atomic E-state index is -0.419. The Kier molecular flexibility index (Phi) is 6.22. The van der Waals surface area contributed by atoms with Gasteiger partial charge in [0.05, 0.1) is 23.2 Å². The van der Waals surface area contributed by atoms with Gasteiger partial charge in [0.2, 0.25) is 5.91 Å². The molecule has 0 unspecified atom stereocenters. The maximum Gasteiger partial charge on any atom is 0.239 e. The number of thiophene rings is 1. The SMILES string of the molecule is CSCC[C@H](N)C(=O)N(C)Cc1csc(-c2cccs2)n1. The molecule has 0 aliphatic heterocycles. The highest BCUT2D eigenvalue weighted by atomic mass is 32.2. The van der Waals surface area contributed by atoms with Crippen LogP contribution in [0, 0.1) is 0 Å². The Labute approximate surface area is 137 Å². The van der Waals surface area contributed by atoms with Gasteiger partial charge < -0.3 is 10.6 Å². The van der Waals surface area contributed by atoms with E-state index in [9.17, 15) is 4.79 Å². The lowest BCUT2D eigenvalue weighted by Gasteiger charge is -2.20. The van der Waals surface area contributed by atoms with Gasteiger partial charge in [-0.2, -0.15) is 11.8 Å². The van der Waals surface area contributed by atoms with Crippen molar-refractivity contribution < 1.29 is 4.79 Å². The number of nitrogens with two attached hydrogens (primary N) is 1. The van der Waals surface area contributed by atoms with Crippen molar-refractivity contribution in [2.75, 3.05) is 19.1 Å². The molecule has 0 radical (unpaired) electrons. The number of hydrogen-bond donors (Lipinski definition) is 1. The number of amides is 1. The summed E-state index contributed by atoms with van der Waals surface area (Å²) in [5.74, 6) is 0.884. The molecular formula is C14H19N3OS3. The summed E-state index contributed by atoms with van der Waals surface area (Å²) in [5, 5.41) is 5.05. The molecule has 0 aliphatic carbocycles. The minimum absolute atomic E-state index is 0.0188. The molecule has 0 fully saturated rings. The van der Waals surface area contributed by atoms with Crippen LogP contribution in [-0.2, 0) is 11.3 Å². The van der Waals surface area contributed by atoms with Crippen molar-refractivity contribution in [2.24, 2.45) is 5.73 Å². The van der Waals surface area contributed by atoms with Crippen molar-refractivity contribution in [3.63, 3.8) is 0 Å². The Morgan fingerprint density at radius 2 is 2.33 bits per heavy atom. The molecule has 0 saturated heterocycles. The van der Waals surface area contributed by atoms with Crippen LogP contribution in [0.3, 0.4) is 0 Å². The van der Waals surface area contributed by atoms with Gasteiger partial charge in [-0.05, 0) is 29.9 Å². The van der Waals surface area contributed by atoms with E-state index in [1.807, 2.05) is 23.1 Å². The smallest absolute Gasteiger partial charge is 0.239 e. The number of rotatable bonds is 7. The van der Waals surface area contributed by atoms with Crippen molar-refractivity contribution in [3.8, 4) is 9.88 Å². The van der Waals surface area contributed by atoms with Crippen LogP contribution in [0.15, 0.2) is 22.9 Å². The summed E-state index contributed by atoms with van der Waals surface area (Å²) in [5.41, 5.74) is 6.83. The Morgan fingerprint density at radius 1 is 1.52 bits per heavy atom. The number of likely N-dealkylation sites (N-methyl/N-ethyl adjacent to an activating group) is 1. The van der Waals surface area contributed by atoms with Crippen LogP contribution in [-0.4, -0.2) is 40.9 Å². The number of nitrogens with zero attached hydrogens (tertiary/aromatic N) is 2. The first-order valence-electron chi connectivity index (χ1n) is 6.59. The third-order valence-corrected chi connectivity index (χ3v) is 5.58. The fraction of sp³-hybridized carbons (Fsp3) is 0.429. The van der Waals surface area contributed by atoms with Crippen LogP contribution < -0.4 is 5.73 Å². The van der Waals surface area contributed by atoms with Gasteiger partial charge >= 0.3 is 0 Å². The van der Waals surface area contributed by atoms with Gasteiger partial charge in [0.25, 0.3) is 0 Å². The predicted molar refractivity (Wildman–Crippen MR) is 92.9 cm³/mol. The average molecular weight is 342 g/mol. The van der Waals surface area contributed by atoms with Crippen LogP contribution in [0.2, 0.25) is 0 Å². The van der Waals surface area contributed by atoms with Crippen LogP contribution in [0.1, 0.15) is 12.1 Å². The fourth-order valence-corrected chi connectivity index (χ4v) is 3.98. The van der Waals surface area contributed by atoms with Gasteiger partial charge in [-0.3, -0.25) is 4.79 Å². The zero-order chi connectivity index (χ0) is 15.2. The second-order valence-electron chi connectivity index (χ2n) is 4.70. The topological polar surface area (TPSA) is 59.2 Å². The molecule has 0 bridgehead atoms. The molecule has 7 heteroatoms. The van der Waals surface area contributed by atoms with Crippen molar-refractivity contribution in [1.82, 2.24) is 9.88 Å². The second-order valence-corrected chi connectivity index (χ2v) is 7.49. The summed E-state index contributed by atoms with van der Waals surface area (Å²) in [7, 11) is 1.78. The first-order valence-corrected chi connectivity index (χ1v) is 9.75. The molecule has 0 aliphatic rings. The maximum absolute atomic E-state index is 12.2. The van der Waals surface area contributed by atoms with Crippen LogP contribution >= 0.6 is 34.4 Å². The predicted octanol–water partition coefficient (Wildman–Crippen LogP) is 2.91. The van der Waals surface area contributed by atoms with Gasteiger partial charge in [-0.15, -0.1) is 22.7 Å². The molecule has 0 spiro atoms. The van der Waals surface area contributed by atoms with Crippen LogP contribution in [0.5, 0.6) is 0 Å². The standard InChI is InChI=1S/C14H19N3OS3/c1-17(14(18)11(15)5-7-19-2)8-10-9-21-13(16-10)12-4-3-6-20-12/h3-4,6,9,11H,5,7-8,15H2,1-2H3/t11-/m0/s1. The Morgan fingerprint density at radius 3 is 3.00 bits per heavy atom. The number of carbonyl (C=O) groups excluding carboxylic acids is 1. The highest BCUT2D eigenvalue weighted by Gasteiger charge is 2.18. The molecular weight excluding hydrogens is 322 g/mol. The van der Waals surface area contributed by atoms with Gasteiger partial charge in [0, 0.05) is 12.4 Å². The normalized spacial score (nSPS) is 12.3. The molecule has 4 nitrogen and oxygen atoms in total. The molecule has 2 rings (SSSR count). The Bertz CT molecular complexity index is 568. The van der Waals surface area contributed by atoms with Crippen molar-refractivity contribution in [2.45, 2.75) is 19.0 Å². The number of carbonyl (C=O) groups is 1. The van der Waals surface area contributed by atoms with E-state index in [2.05, 4.69) is 11.1 Å². The molecule has 2 aromatic heterocycles. The fourth-order valence-electron chi connectivity index (χ4n) is 1.87. The van der Waals surface area contributed by atoms with Gasteiger partial charge in [-0.25, -0.2) is 4.98 Å². The van der Waals surface area contributed by atoms with Gasteiger partial charge in [0.1, 0.15) is 5.01 Å². The molecule has 2 heterocycles. The lowest BCUT2D eigenvalue weighted by Crippen LogP contribution is -2.41. The first kappa shape index (κ1) is 16.5. The summed E-state index contributed by atoms with van der Waals surface area (Å²) in [6, 6.07) is 3.65. The summed E-state index contributed by atoms with van der Waals surface area (Å²) in [6.45, 7) is 0.508. The molecule has 21 heavy (non-hydrogen) atoms. The zero-order valence-corrected chi connectivity index (χ0v) is 14.6. The summed E-state index contributed by atoms with van der Waals surface area (Å²) >= 11 is 4.99. The van der Waals surface area contributed by atoms with E-state index >= 15 is 0 Å². The highest BCUT2D eigenvalue weighted by molar-refractivity contribution is 7.98. The molecule has 1 amide bonds. The molecule has 1 atom stereocenters. The van der Waals surface area contributed by atoms with E-state index in [1.54, 1.807) is 46.4 Å². The number of thioether (sulfide) groups is 1. The van der Waals surface area contributed by atoms with Crippen molar-refractivity contribution in [1.29, 1.82) is 0 Å². The second kappa shape index (κ2) is 7.93. The minimum Gasteiger partial charge on any atom is -0.338 e. The van der Waals surface area contributed by atoms with E-state index < -0.39 is 6.04 Å². The molecule has 0 saturated carbocycles. The molecule has 0 aromatic carbocycles. The first-order chi connectivity index (χ1) is 10.1. The van der Waals surface area contributed by atoms with Crippen LogP contribution in [0.25, 0.3) is 9.88 Å². The molecule has 2 aromatic rings. The van der Waals surface area contributed by atoms with Crippen molar-refractivity contribution >= 4 is 40.3 Å². The quantitative estimate of drug-likeness (QED) is 0.841. The third-order valence-electron chi connectivity index (χ3n) is 3.01. The van der Waals surface area contributed by atoms with E-state index in [1.165, 1.54) is 0 Å². The maximum atomic E-state index is 12.2. The average Bonchev–Trinajstić information content (AvgIpc) is 3.14. The van der Waals surface area contributed by atoms with E-state index in [0.717, 1.165) is 21.3 Å². The lowest BCUT2D eigenvalue weighted by molar-refractivity contribution is -0.131. The van der Waals surface area contributed by atoms with Crippen LogP contribution in [0.4, 0.5) is 0 Å². The summed E-state index contributed by atoms with van der Waals surface area (Å²) in [4.78, 5) is 19.6. The van der Waals surface area contributed by atoms with E-state index in [0.29, 0.717) is 13.0 Å². The van der Waals surface area contributed by atoms with Crippen molar-refractivity contribution in [3.05, 3.63) is 28.6 Å². The number of hydrogen-bond acceptors (Lipinski definition) is 6. The monoisotopic (exact) mass is 341 g/mol. The molecule has 2 N–H and O–H groups in total. The summed E-state index contributed by atoms with van der Waals surface area (Å²) in [6.07, 6.45) is 2.73. The number of thiazole rings is 1. The molecule has 114 valence electrons. The van der Waals surface area contributed by atoms with Gasteiger partial charge in [0.15, 0.2) is 0 Å². The third kappa shape index (κ3) is 4.54.